The third-order valence-corrected chi connectivity index (χ3v) is 3.75. The van der Waals surface area contributed by atoms with Crippen LogP contribution in [0.4, 0.5) is 4.39 Å². The maximum atomic E-state index is 13.7. The fourth-order valence-corrected chi connectivity index (χ4v) is 2.43. The number of hydrogen-bond acceptors (Lipinski definition) is 5. The Balaban J connectivity index is 2.39. The predicted octanol–water partition coefficient (Wildman–Crippen LogP) is 3.79. The Morgan fingerprint density at radius 1 is 1.22 bits per heavy atom. The van der Waals surface area contributed by atoms with Crippen molar-refractivity contribution in [1.82, 2.24) is 0 Å². The molecule has 0 radical (unpaired) electrons. The SMILES string of the molecule is C=CCOc1cc(F)ccc1[C@@H](Oc1ccccc1)[C@H](C)OC(=O)[C@H](C)N. The first-order valence-electron chi connectivity index (χ1n) is 8.63. The Hall–Kier alpha value is -2.86. The second-order valence-electron chi connectivity index (χ2n) is 6.06. The van der Waals surface area contributed by atoms with Crippen molar-refractivity contribution in [2.45, 2.75) is 32.1 Å². The van der Waals surface area contributed by atoms with E-state index in [0.29, 0.717) is 17.1 Å². The molecule has 0 spiro atoms. The third kappa shape index (κ3) is 5.82. The van der Waals surface area contributed by atoms with Gasteiger partial charge in [-0.2, -0.15) is 0 Å². The Kier molecular flexibility index (Phi) is 7.37. The van der Waals surface area contributed by atoms with Gasteiger partial charge in [-0.25, -0.2) is 4.39 Å². The lowest BCUT2D eigenvalue weighted by atomic mass is 10.0. The average molecular weight is 373 g/mol. The zero-order chi connectivity index (χ0) is 19.8. The van der Waals surface area contributed by atoms with Gasteiger partial charge < -0.3 is 19.9 Å². The van der Waals surface area contributed by atoms with Gasteiger partial charge in [0.05, 0.1) is 0 Å². The third-order valence-electron chi connectivity index (χ3n) is 3.75. The summed E-state index contributed by atoms with van der Waals surface area (Å²) in [7, 11) is 0. The summed E-state index contributed by atoms with van der Waals surface area (Å²) in [5.74, 6) is -0.138. The molecule has 0 amide bonds. The molecule has 2 N–H and O–H groups in total. The molecule has 0 aromatic heterocycles. The average Bonchev–Trinajstić information content (AvgIpc) is 2.65. The van der Waals surface area contributed by atoms with Gasteiger partial charge in [0.25, 0.3) is 0 Å². The second-order valence-corrected chi connectivity index (χ2v) is 6.06. The fourth-order valence-electron chi connectivity index (χ4n) is 2.43. The zero-order valence-electron chi connectivity index (χ0n) is 15.4. The van der Waals surface area contributed by atoms with E-state index in [2.05, 4.69) is 6.58 Å². The summed E-state index contributed by atoms with van der Waals surface area (Å²) in [6, 6.07) is 12.4. The summed E-state index contributed by atoms with van der Waals surface area (Å²) in [6.45, 7) is 7.03. The van der Waals surface area contributed by atoms with E-state index >= 15 is 0 Å². The molecule has 0 aliphatic rings. The molecule has 0 aliphatic carbocycles. The molecule has 0 fully saturated rings. The van der Waals surface area contributed by atoms with Crippen LogP contribution < -0.4 is 15.2 Å². The number of benzene rings is 2. The molecule has 2 aromatic carbocycles. The summed E-state index contributed by atoms with van der Waals surface area (Å²) in [6.07, 6.45) is 0.136. The molecule has 0 bridgehead atoms. The highest BCUT2D eigenvalue weighted by atomic mass is 19.1. The number of carbonyl (C=O) groups excluding carboxylic acids is 1. The highest BCUT2D eigenvalue weighted by molar-refractivity contribution is 5.75. The Bertz CT molecular complexity index is 764. The lowest BCUT2D eigenvalue weighted by Gasteiger charge is -2.27. The minimum absolute atomic E-state index is 0.197. The standard InChI is InChI=1S/C21H24FNO4/c1-4-12-25-19-13-16(22)10-11-18(19)20(15(3)26-21(24)14(2)23)27-17-8-6-5-7-9-17/h4-11,13-15,20H,1,12,23H2,2-3H3/t14-,15-,20-/m0/s1. The Morgan fingerprint density at radius 2 is 1.93 bits per heavy atom. The maximum Gasteiger partial charge on any atom is 0.323 e. The van der Waals surface area contributed by atoms with Crippen molar-refractivity contribution >= 4 is 5.97 Å². The monoisotopic (exact) mass is 373 g/mol. The normalized spacial score (nSPS) is 13.9. The van der Waals surface area contributed by atoms with Gasteiger partial charge in [-0.15, -0.1) is 0 Å². The summed E-state index contributed by atoms with van der Waals surface area (Å²) in [5.41, 5.74) is 6.14. The van der Waals surface area contributed by atoms with Crippen LogP contribution in [-0.4, -0.2) is 24.7 Å². The largest absolute Gasteiger partial charge is 0.489 e. The van der Waals surface area contributed by atoms with Crippen molar-refractivity contribution in [3.63, 3.8) is 0 Å². The number of hydrogen-bond donors (Lipinski definition) is 1. The molecule has 0 saturated heterocycles. The number of ether oxygens (including phenoxy) is 3. The molecule has 0 saturated carbocycles. The van der Waals surface area contributed by atoms with Crippen LogP contribution >= 0.6 is 0 Å². The Labute approximate surface area is 158 Å². The molecule has 0 heterocycles. The van der Waals surface area contributed by atoms with Crippen molar-refractivity contribution < 1.29 is 23.4 Å². The van der Waals surface area contributed by atoms with E-state index in [9.17, 15) is 9.18 Å². The molecule has 2 aromatic rings. The molecular weight excluding hydrogens is 349 g/mol. The highest BCUT2D eigenvalue weighted by Gasteiger charge is 2.29. The fraction of sp³-hybridized carbons (Fsp3) is 0.286. The van der Waals surface area contributed by atoms with Crippen LogP contribution in [0, 0.1) is 5.82 Å². The van der Waals surface area contributed by atoms with E-state index < -0.39 is 30.0 Å². The molecule has 27 heavy (non-hydrogen) atoms. The van der Waals surface area contributed by atoms with Crippen LogP contribution in [0.1, 0.15) is 25.5 Å². The van der Waals surface area contributed by atoms with Gasteiger partial charge in [0.15, 0.2) is 6.10 Å². The molecule has 6 heteroatoms. The quantitative estimate of drug-likeness (QED) is 0.535. The molecule has 0 aliphatic heterocycles. The van der Waals surface area contributed by atoms with E-state index in [1.807, 2.05) is 18.2 Å². The van der Waals surface area contributed by atoms with Gasteiger partial charge in [-0.05, 0) is 38.1 Å². The lowest BCUT2D eigenvalue weighted by molar-refractivity contribution is -0.154. The van der Waals surface area contributed by atoms with E-state index in [0.717, 1.165) is 0 Å². The maximum absolute atomic E-state index is 13.7. The van der Waals surface area contributed by atoms with E-state index in [-0.39, 0.29) is 6.61 Å². The van der Waals surface area contributed by atoms with Gasteiger partial charge in [0.2, 0.25) is 0 Å². The summed E-state index contributed by atoms with van der Waals surface area (Å²) in [5, 5.41) is 0. The van der Waals surface area contributed by atoms with Crippen LogP contribution in [0.3, 0.4) is 0 Å². The number of halogens is 1. The molecular formula is C21H24FNO4. The van der Waals surface area contributed by atoms with Crippen molar-refractivity contribution in [2.75, 3.05) is 6.61 Å². The number of para-hydroxylation sites is 1. The number of nitrogens with two attached hydrogens (primary N) is 1. The second kappa shape index (κ2) is 9.73. The van der Waals surface area contributed by atoms with Crippen molar-refractivity contribution in [1.29, 1.82) is 0 Å². The minimum atomic E-state index is -0.769. The number of carbonyl (C=O) groups is 1. The van der Waals surface area contributed by atoms with Crippen molar-refractivity contribution in [3.05, 3.63) is 72.6 Å². The van der Waals surface area contributed by atoms with Crippen LogP contribution in [0.2, 0.25) is 0 Å². The summed E-state index contributed by atoms with van der Waals surface area (Å²) >= 11 is 0. The predicted molar refractivity (Wildman–Crippen MR) is 101 cm³/mol. The summed E-state index contributed by atoms with van der Waals surface area (Å²) < 4.78 is 30.8. The molecule has 3 atom stereocenters. The van der Waals surface area contributed by atoms with Gasteiger partial charge in [0.1, 0.15) is 36.1 Å². The number of rotatable bonds is 9. The topological polar surface area (TPSA) is 70.8 Å². The van der Waals surface area contributed by atoms with Crippen molar-refractivity contribution in [3.8, 4) is 11.5 Å². The van der Waals surface area contributed by atoms with Crippen molar-refractivity contribution in [2.24, 2.45) is 5.73 Å². The molecule has 5 nitrogen and oxygen atoms in total. The van der Waals surface area contributed by atoms with Crippen LogP contribution in [0.25, 0.3) is 0 Å². The summed E-state index contributed by atoms with van der Waals surface area (Å²) in [4.78, 5) is 11.9. The highest BCUT2D eigenvalue weighted by Crippen LogP contribution is 2.33. The zero-order valence-corrected chi connectivity index (χ0v) is 15.4. The van der Waals surface area contributed by atoms with Crippen LogP contribution in [0.5, 0.6) is 11.5 Å². The van der Waals surface area contributed by atoms with Gasteiger partial charge >= 0.3 is 5.97 Å². The van der Waals surface area contributed by atoms with Gasteiger partial charge in [-0.3, -0.25) is 4.79 Å². The first kappa shape index (κ1) is 20.5. The molecule has 144 valence electrons. The van der Waals surface area contributed by atoms with E-state index in [1.54, 1.807) is 38.1 Å². The smallest absolute Gasteiger partial charge is 0.323 e. The first-order chi connectivity index (χ1) is 12.9. The van der Waals surface area contributed by atoms with Gasteiger partial charge in [-0.1, -0.05) is 30.9 Å². The molecule has 2 rings (SSSR count). The first-order valence-corrected chi connectivity index (χ1v) is 8.63. The van der Waals surface area contributed by atoms with E-state index in [4.69, 9.17) is 19.9 Å². The number of esters is 1. The molecule has 0 unspecified atom stereocenters. The Morgan fingerprint density at radius 3 is 2.56 bits per heavy atom. The minimum Gasteiger partial charge on any atom is -0.489 e. The van der Waals surface area contributed by atoms with E-state index in [1.165, 1.54) is 12.1 Å². The van der Waals surface area contributed by atoms with Crippen LogP contribution in [0.15, 0.2) is 61.2 Å². The van der Waals surface area contributed by atoms with Crippen LogP contribution in [-0.2, 0) is 9.53 Å². The van der Waals surface area contributed by atoms with Gasteiger partial charge in [0, 0.05) is 11.6 Å². The lowest BCUT2D eigenvalue weighted by Crippen LogP contribution is -2.35.